The highest BCUT2D eigenvalue weighted by molar-refractivity contribution is 6.09. The molecule has 31 heavy (non-hydrogen) atoms. The van der Waals surface area contributed by atoms with Gasteiger partial charge in [0.25, 0.3) is 5.91 Å². The Morgan fingerprint density at radius 2 is 1.71 bits per heavy atom. The van der Waals surface area contributed by atoms with E-state index in [0.717, 1.165) is 16.2 Å². The van der Waals surface area contributed by atoms with Crippen molar-refractivity contribution < 1.29 is 23.5 Å². The van der Waals surface area contributed by atoms with E-state index in [1.807, 2.05) is 45.0 Å². The van der Waals surface area contributed by atoms with E-state index >= 15 is 0 Å². The minimum Gasteiger partial charge on any atom is -0.491 e. The van der Waals surface area contributed by atoms with E-state index in [1.165, 1.54) is 31.2 Å². The van der Waals surface area contributed by atoms with Gasteiger partial charge in [-0.25, -0.2) is 9.18 Å². The number of nitrogens with one attached hydrogen (secondary N) is 2. The SMILES string of the molecule is CC(C)Oc1ccc(C(C)NC(=O)CN2C(=O)NC(C)(c3ccc(F)cc3)C2=O)cc1. The summed E-state index contributed by atoms with van der Waals surface area (Å²) >= 11 is 0. The van der Waals surface area contributed by atoms with Gasteiger partial charge in [-0.3, -0.25) is 14.5 Å². The van der Waals surface area contributed by atoms with Crippen molar-refractivity contribution in [2.24, 2.45) is 0 Å². The molecule has 1 saturated heterocycles. The maximum atomic E-state index is 13.2. The van der Waals surface area contributed by atoms with Gasteiger partial charge in [0.2, 0.25) is 5.91 Å². The van der Waals surface area contributed by atoms with Crippen LogP contribution in [0.5, 0.6) is 5.75 Å². The van der Waals surface area contributed by atoms with Gasteiger partial charge in [0.15, 0.2) is 0 Å². The highest BCUT2D eigenvalue weighted by Gasteiger charge is 2.49. The van der Waals surface area contributed by atoms with Gasteiger partial charge in [-0.05, 0) is 63.1 Å². The van der Waals surface area contributed by atoms with Crippen LogP contribution in [0.3, 0.4) is 0 Å². The van der Waals surface area contributed by atoms with E-state index < -0.39 is 35.7 Å². The van der Waals surface area contributed by atoms with Gasteiger partial charge in [0, 0.05) is 0 Å². The number of carbonyl (C=O) groups is 3. The molecule has 2 unspecified atom stereocenters. The largest absolute Gasteiger partial charge is 0.491 e. The van der Waals surface area contributed by atoms with E-state index in [-0.39, 0.29) is 12.1 Å². The zero-order chi connectivity index (χ0) is 22.8. The molecular formula is C23H26FN3O4. The van der Waals surface area contributed by atoms with Crippen LogP contribution in [0.15, 0.2) is 48.5 Å². The lowest BCUT2D eigenvalue weighted by molar-refractivity contribution is -0.135. The molecule has 8 heteroatoms. The van der Waals surface area contributed by atoms with Crippen LogP contribution in [-0.2, 0) is 15.1 Å². The van der Waals surface area contributed by atoms with Gasteiger partial charge >= 0.3 is 6.03 Å². The third-order valence-corrected chi connectivity index (χ3v) is 5.13. The number of carbonyl (C=O) groups excluding carboxylic acids is 3. The van der Waals surface area contributed by atoms with Crippen molar-refractivity contribution in [2.45, 2.75) is 45.4 Å². The first-order valence-corrected chi connectivity index (χ1v) is 10.1. The quantitative estimate of drug-likeness (QED) is 0.664. The molecule has 164 valence electrons. The molecule has 0 bridgehead atoms. The molecule has 2 atom stereocenters. The summed E-state index contributed by atoms with van der Waals surface area (Å²) in [6, 6.07) is 11.7. The zero-order valence-corrected chi connectivity index (χ0v) is 17.9. The number of ether oxygens (including phenoxy) is 1. The second-order valence-electron chi connectivity index (χ2n) is 7.98. The third kappa shape index (κ3) is 4.84. The maximum absolute atomic E-state index is 13.2. The summed E-state index contributed by atoms with van der Waals surface area (Å²) in [5.74, 6) is -0.751. The van der Waals surface area contributed by atoms with Gasteiger partial charge in [-0.1, -0.05) is 24.3 Å². The van der Waals surface area contributed by atoms with E-state index in [0.29, 0.717) is 5.56 Å². The Hall–Kier alpha value is -3.42. The fourth-order valence-corrected chi connectivity index (χ4v) is 3.44. The normalized spacial score (nSPS) is 19.4. The summed E-state index contributed by atoms with van der Waals surface area (Å²) in [5.41, 5.74) is -0.0619. The Labute approximate surface area is 180 Å². The molecule has 4 amide bonds. The van der Waals surface area contributed by atoms with Crippen LogP contribution in [0.4, 0.5) is 9.18 Å². The lowest BCUT2D eigenvalue weighted by atomic mass is 9.92. The molecule has 1 aliphatic heterocycles. The van der Waals surface area contributed by atoms with Crippen molar-refractivity contribution in [2.75, 3.05) is 6.54 Å². The average Bonchev–Trinajstić information content (AvgIpc) is 2.92. The van der Waals surface area contributed by atoms with Gasteiger partial charge in [-0.2, -0.15) is 0 Å². The molecule has 1 fully saturated rings. The number of imide groups is 1. The topological polar surface area (TPSA) is 87.7 Å². The van der Waals surface area contributed by atoms with E-state index in [4.69, 9.17) is 4.74 Å². The molecule has 0 saturated carbocycles. The van der Waals surface area contributed by atoms with Gasteiger partial charge in [-0.15, -0.1) is 0 Å². The molecule has 0 spiro atoms. The van der Waals surface area contributed by atoms with Gasteiger partial charge < -0.3 is 15.4 Å². The summed E-state index contributed by atoms with van der Waals surface area (Å²) in [6.07, 6.45) is 0.0627. The lowest BCUT2D eigenvalue weighted by Crippen LogP contribution is -2.43. The van der Waals surface area contributed by atoms with Crippen molar-refractivity contribution in [1.29, 1.82) is 0 Å². The number of amides is 4. The fourth-order valence-electron chi connectivity index (χ4n) is 3.44. The molecule has 2 aromatic carbocycles. The number of benzene rings is 2. The van der Waals surface area contributed by atoms with Gasteiger partial charge in [0.05, 0.1) is 12.1 Å². The Balaban J connectivity index is 1.64. The van der Waals surface area contributed by atoms with Crippen molar-refractivity contribution >= 4 is 17.8 Å². The monoisotopic (exact) mass is 427 g/mol. The number of hydrogen-bond acceptors (Lipinski definition) is 4. The Kier molecular flexibility index (Phi) is 6.29. The van der Waals surface area contributed by atoms with Crippen LogP contribution in [0, 0.1) is 5.82 Å². The highest BCUT2D eigenvalue weighted by Crippen LogP contribution is 2.29. The molecule has 1 aliphatic rings. The minimum absolute atomic E-state index is 0.0627. The van der Waals surface area contributed by atoms with Crippen molar-refractivity contribution in [3.63, 3.8) is 0 Å². The van der Waals surface area contributed by atoms with Crippen molar-refractivity contribution in [3.05, 3.63) is 65.5 Å². The molecule has 0 radical (unpaired) electrons. The van der Waals surface area contributed by atoms with E-state index in [2.05, 4.69) is 10.6 Å². The number of urea groups is 1. The standard InChI is InChI=1S/C23H26FN3O4/c1-14(2)31-19-11-5-16(6-12-19)15(3)25-20(28)13-27-21(29)23(4,26-22(27)30)17-7-9-18(24)10-8-17/h5-12,14-15H,13H2,1-4H3,(H,25,28)(H,26,30). The smallest absolute Gasteiger partial charge is 0.325 e. The first-order chi connectivity index (χ1) is 14.6. The van der Waals surface area contributed by atoms with E-state index in [9.17, 15) is 18.8 Å². The Morgan fingerprint density at radius 1 is 1.10 bits per heavy atom. The number of rotatable bonds is 7. The molecule has 2 aromatic rings. The Bertz CT molecular complexity index is 975. The summed E-state index contributed by atoms with van der Waals surface area (Å²) in [5, 5.41) is 5.39. The highest BCUT2D eigenvalue weighted by atomic mass is 19.1. The first kappa shape index (κ1) is 22.3. The van der Waals surface area contributed by atoms with Crippen LogP contribution in [0.25, 0.3) is 0 Å². The number of hydrogen-bond donors (Lipinski definition) is 2. The average molecular weight is 427 g/mol. The lowest BCUT2D eigenvalue weighted by Gasteiger charge is -2.22. The predicted molar refractivity (Wildman–Crippen MR) is 113 cm³/mol. The number of halogens is 1. The molecule has 1 heterocycles. The minimum atomic E-state index is -1.36. The molecule has 0 aromatic heterocycles. The maximum Gasteiger partial charge on any atom is 0.325 e. The third-order valence-electron chi connectivity index (χ3n) is 5.13. The molecule has 2 N–H and O–H groups in total. The first-order valence-electron chi connectivity index (χ1n) is 10.1. The van der Waals surface area contributed by atoms with Crippen molar-refractivity contribution in [1.82, 2.24) is 15.5 Å². The molecule has 7 nitrogen and oxygen atoms in total. The summed E-state index contributed by atoms with van der Waals surface area (Å²) in [6.45, 7) is 6.80. The van der Waals surface area contributed by atoms with Crippen LogP contribution < -0.4 is 15.4 Å². The van der Waals surface area contributed by atoms with Crippen LogP contribution >= 0.6 is 0 Å². The molecule has 0 aliphatic carbocycles. The zero-order valence-electron chi connectivity index (χ0n) is 17.9. The summed E-state index contributed by atoms with van der Waals surface area (Å²) in [7, 11) is 0. The second kappa shape index (κ2) is 8.75. The summed E-state index contributed by atoms with van der Waals surface area (Å²) in [4.78, 5) is 38.7. The molecular weight excluding hydrogens is 401 g/mol. The second-order valence-corrected chi connectivity index (χ2v) is 7.98. The van der Waals surface area contributed by atoms with Crippen LogP contribution in [0.1, 0.15) is 44.9 Å². The molecule has 3 rings (SSSR count). The fraction of sp³-hybridized carbons (Fsp3) is 0.348. The van der Waals surface area contributed by atoms with Crippen LogP contribution in [-0.4, -0.2) is 35.4 Å². The van der Waals surface area contributed by atoms with E-state index in [1.54, 1.807) is 0 Å². The van der Waals surface area contributed by atoms with Crippen molar-refractivity contribution in [3.8, 4) is 5.75 Å². The van der Waals surface area contributed by atoms with Gasteiger partial charge in [0.1, 0.15) is 23.7 Å². The predicted octanol–water partition coefficient (Wildman–Crippen LogP) is 3.26. The summed E-state index contributed by atoms with van der Waals surface area (Å²) < 4.78 is 18.8. The van der Waals surface area contributed by atoms with Crippen LogP contribution in [0.2, 0.25) is 0 Å². The number of nitrogens with zero attached hydrogens (tertiary/aromatic N) is 1. The Morgan fingerprint density at radius 3 is 2.29 bits per heavy atom.